The van der Waals surface area contributed by atoms with Crippen molar-refractivity contribution in [1.82, 2.24) is 4.98 Å². The standard InChI is InChI=1S/C13H12FNO2/c1-17-13-6-10(3-4-11(13)14)12-5-2-9(8-16)7-15-12/h2-7,16H,8H2,1H3. The van der Waals surface area contributed by atoms with Crippen molar-refractivity contribution in [3.63, 3.8) is 0 Å². The molecule has 2 aromatic rings. The molecule has 0 spiro atoms. The first-order chi connectivity index (χ1) is 8.24. The van der Waals surface area contributed by atoms with Crippen LogP contribution in [-0.4, -0.2) is 17.2 Å². The zero-order valence-corrected chi connectivity index (χ0v) is 9.35. The Kier molecular flexibility index (Phi) is 3.35. The summed E-state index contributed by atoms with van der Waals surface area (Å²) in [6.45, 7) is -0.0416. The number of nitrogens with zero attached hydrogens (tertiary/aromatic N) is 1. The summed E-state index contributed by atoms with van der Waals surface area (Å²) >= 11 is 0. The number of pyridine rings is 1. The van der Waals surface area contributed by atoms with Gasteiger partial charge in [-0.15, -0.1) is 0 Å². The van der Waals surface area contributed by atoms with Crippen LogP contribution in [0.3, 0.4) is 0 Å². The van der Waals surface area contributed by atoms with E-state index in [9.17, 15) is 4.39 Å². The van der Waals surface area contributed by atoms with E-state index in [1.165, 1.54) is 13.2 Å². The van der Waals surface area contributed by atoms with Gasteiger partial charge in [-0.2, -0.15) is 0 Å². The molecule has 0 bridgehead atoms. The van der Waals surface area contributed by atoms with Gasteiger partial charge in [0, 0.05) is 11.8 Å². The number of hydrogen-bond acceptors (Lipinski definition) is 3. The molecule has 0 aliphatic carbocycles. The highest BCUT2D eigenvalue weighted by atomic mass is 19.1. The molecule has 1 heterocycles. The summed E-state index contributed by atoms with van der Waals surface area (Å²) in [7, 11) is 1.42. The molecule has 1 N–H and O–H groups in total. The summed E-state index contributed by atoms with van der Waals surface area (Å²) in [5, 5.41) is 8.91. The highest BCUT2D eigenvalue weighted by Gasteiger charge is 2.06. The first kappa shape index (κ1) is 11.5. The van der Waals surface area contributed by atoms with Crippen LogP contribution in [0.1, 0.15) is 5.56 Å². The first-order valence-corrected chi connectivity index (χ1v) is 5.14. The van der Waals surface area contributed by atoms with Crippen molar-refractivity contribution in [2.45, 2.75) is 6.61 Å². The molecular weight excluding hydrogens is 221 g/mol. The molecule has 17 heavy (non-hydrogen) atoms. The Hall–Kier alpha value is -1.94. The Morgan fingerprint density at radius 2 is 2.12 bits per heavy atom. The normalized spacial score (nSPS) is 10.3. The van der Waals surface area contributed by atoms with Crippen LogP contribution in [0.25, 0.3) is 11.3 Å². The molecule has 1 aromatic heterocycles. The van der Waals surface area contributed by atoms with Crippen LogP contribution < -0.4 is 4.74 Å². The van der Waals surface area contributed by atoms with Gasteiger partial charge in [0.25, 0.3) is 0 Å². The van der Waals surface area contributed by atoms with Crippen molar-refractivity contribution < 1.29 is 14.2 Å². The zero-order valence-electron chi connectivity index (χ0n) is 9.35. The molecule has 0 saturated carbocycles. The summed E-state index contributed by atoms with van der Waals surface area (Å²) in [6, 6.07) is 8.13. The number of aromatic nitrogens is 1. The Balaban J connectivity index is 2.38. The Morgan fingerprint density at radius 1 is 1.29 bits per heavy atom. The highest BCUT2D eigenvalue weighted by molar-refractivity contribution is 5.61. The van der Waals surface area contributed by atoms with E-state index in [1.807, 2.05) is 0 Å². The summed E-state index contributed by atoms with van der Waals surface area (Å²) in [5.74, 6) is -0.209. The molecule has 88 valence electrons. The summed E-state index contributed by atoms with van der Waals surface area (Å²) in [6.07, 6.45) is 1.59. The van der Waals surface area contributed by atoms with Gasteiger partial charge in [-0.1, -0.05) is 6.07 Å². The molecule has 0 unspecified atom stereocenters. The van der Waals surface area contributed by atoms with Crippen molar-refractivity contribution in [2.24, 2.45) is 0 Å². The summed E-state index contributed by atoms with van der Waals surface area (Å²) < 4.78 is 18.1. The van der Waals surface area contributed by atoms with Crippen LogP contribution in [0.5, 0.6) is 5.75 Å². The van der Waals surface area contributed by atoms with Gasteiger partial charge in [0.15, 0.2) is 11.6 Å². The number of methoxy groups -OCH3 is 1. The van der Waals surface area contributed by atoms with Gasteiger partial charge >= 0.3 is 0 Å². The molecule has 0 aliphatic rings. The van der Waals surface area contributed by atoms with Gasteiger partial charge in [0.1, 0.15) is 0 Å². The minimum atomic E-state index is -0.400. The van der Waals surface area contributed by atoms with Gasteiger partial charge in [-0.05, 0) is 29.8 Å². The second-order valence-corrected chi connectivity index (χ2v) is 3.56. The molecule has 0 fully saturated rings. The van der Waals surface area contributed by atoms with Crippen molar-refractivity contribution in [2.75, 3.05) is 7.11 Å². The second kappa shape index (κ2) is 4.93. The highest BCUT2D eigenvalue weighted by Crippen LogP contribution is 2.24. The average molecular weight is 233 g/mol. The lowest BCUT2D eigenvalue weighted by atomic mass is 10.1. The third-order valence-electron chi connectivity index (χ3n) is 2.45. The van der Waals surface area contributed by atoms with E-state index < -0.39 is 5.82 Å². The van der Waals surface area contributed by atoms with Gasteiger partial charge in [0.2, 0.25) is 0 Å². The largest absolute Gasteiger partial charge is 0.494 e. The molecular formula is C13H12FNO2. The van der Waals surface area contributed by atoms with Gasteiger partial charge in [-0.25, -0.2) is 4.39 Å². The molecule has 4 heteroatoms. The van der Waals surface area contributed by atoms with Gasteiger partial charge < -0.3 is 9.84 Å². The van der Waals surface area contributed by atoms with E-state index in [4.69, 9.17) is 9.84 Å². The summed E-state index contributed by atoms with van der Waals surface area (Å²) in [4.78, 5) is 4.19. The predicted octanol–water partition coefficient (Wildman–Crippen LogP) is 2.39. The molecule has 0 aliphatic heterocycles. The van der Waals surface area contributed by atoms with Crippen molar-refractivity contribution >= 4 is 0 Å². The number of rotatable bonds is 3. The second-order valence-electron chi connectivity index (χ2n) is 3.56. The van der Waals surface area contributed by atoms with Crippen LogP contribution in [-0.2, 0) is 6.61 Å². The fourth-order valence-electron chi connectivity index (χ4n) is 1.51. The van der Waals surface area contributed by atoms with Crippen LogP contribution in [0.4, 0.5) is 4.39 Å². The Bertz CT molecular complexity index is 511. The van der Waals surface area contributed by atoms with Gasteiger partial charge in [-0.3, -0.25) is 4.98 Å². The minimum Gasteiger partial charge on any atom is -0.494 e. The number of ether oxygens (including phenoxy) is 1. The Labute approximate surface area is 98.5 Å². The van der Waals surface area contributed by atoms with Gasteiger partial charge in [0.05, 0.1) is 19.4 Å². The average Bonchev–Trinajstić information content (AvgIpc) is 2.39. The molecule has 1 aromatic carbocycles. The topological polar surface area (TPSA) is 42.4 Å². The third-order valence-corrected chi connectivity index (χ3v) is 2.45. The van der Waals surface area contributed by atoms with E-state index >= 15 is 0 Å². The monoisotopic (exact) mass is 233 g/mol. The van der Waals surface area contributed by atoms with Crippen molar-refractivity contribution in [3.05, 3.63) is 47.9 Å². The number of aliphatic hydroxyl groups excluding tert-OH is 1. The van der Waals surface area contributed by atoms with Crippen LogP contribution >= 0.6 is 0 Å². The summed E-state index contributed by atoms with van der Waals surface area (Å²) in [5.41, 5.74) is 2.22. The molecule has 3 nitrogen and oxygen atoms in total. The van der Waals surface area contributed by atoms with Crippen LogP contribution in [0.2, 0.25) is 0 Å². The fourth-order valence-corrected chi connectivity index (χ4v) is 1.51. The minimum absolute atomic E-state index is 0.0416. The molecule has 2 rings (SSSR count). The van der Waals surface area contributed by atoms with E-state index in [2.05, 4.69) is 4.98 Å². The lowest BCUT2D eigenvalue weighted by molar-refractivity contribution is 0.281. The van der Waals surface area contributed by atoms with E-state index in [-0.39, 0.29) is 12.4 Å². The van der Waals surface area contributed by atoms with Crippen LogP contribution in [0, 0.1) is 5.82 Å². The molecule has 0 saturated heterocycles. The number of benzene rings is 1. The lowest BCUT2D eigenvalue weighted by Crippen LogP contribution is -1.91. The smallest absolute Gasteiger partial charge is 0.165 e. The maximum Gasteiger partial charge on any atom is 0.165 e. The number of aliphatic hydroxyl groups is 1. The lowest BCUT2D eigenvalue weighted by Gasteiger charge is -2.05. The molecule has 0 amide bonds. The van der Waals surface area contributed by atoms with Crippen molar-refractivity contribution in [1.29, 1.82) is 0 Å². The molecule has 0 radical (unpaired) electrons. The van der Waals surface area contributed by atoms with E-state index in [0.29, 0.717) is 5.69 Å². The number of hydrogen-bond donors (Lipinski definition) is 1. The van der Waals surface area contributed by atoms with E-state index in [1.54, 1.807) is 30.5 Å². The van der Waals surface area contributed by atoms with E-state index in [0.717, 1.165) is 11.1 Å². The third kappa shape index (κ3) is 2.42. The van der Waals surface area contributed by atoms with Crippen LogP contribution in [0.15, 0.2) is 36.5 Å². The maximum absolute atomic E-state index is 13.2. The zero-order chi connectivity index (χ0) is 12.3. The van der Waals surface area contributed by atoms with Crippen molar-refractivity contribution in [3.8, 4) is 17.0 Å². The first-order valence-electron chi connectivity index (χ1n) is 5.14. The molecule has 0 atom stereocenters. The fraction of sp³-hybridized carbons (Fsp3) is 0.154. The predicted molar refractivity (Wildman–Crippen MR) is 62.1 cm³/mol. The SMILES string of the molecule is COc1cc(-c2ccc(CO)cn2)ccc1F. The quantitative estimate of drug-likeness (QED) is 0.885. The number of halogens is 1. The Morgan fingerprint density at radius 3 is 2.71 bits per heavy atom. The maximum atomic E-state index is 13.2.